The number of benzene rings is 2. The Balaban J connectivity index is 0.00000128. The van der Waals surface area contributed by atoms with Gasteiger partial charge >= 0.3 is 0 Å². The van der Waals surface area contributed by atoms with Crippen LogP contribution in [0.25, 0.3) is 22.4 Å². The van der Waals surface area contributed by atoms with E-state index in [0.29, 0.717) is 0 Å². The Morgan fingerprint density at radius 2 is 1.87 bits per heavy atom. The van der Waals surface area contributed by atoms with Crippen molar-refractivity contribution in [2.75, 3.05) is 6.54 Å². The summed E-state index contributed by atoms with van der Waals surface area (Å²) in [5.74, 6) is 0. The van der Waals surface area contributed by atoms with E-state index in [1.807, 2.05) is 12.1 Å². The van der Waals surface area contributed by atoms with E-state index >= 15 is 0 Å². The predicted molar refractivity (Wildman–Crippen MR) is 123 cm³/mol. The molecule has 1 spiro atoms. The van der Waals surface area contributed by atoms with Crippen molar-refractivity contribution < 1.29 is 37.3 Å². The molecule has 1 saturated heterocycles. The van der Waals surface area contributed by atoms with Gasteiger partial charge in [-0.15, -0.1) is 17.7 Å². The smallest absolute Gasteiger partial charge is 0.165 e. The summed E-state index contributed by atoms with van der Waals surface area (Å²) >= 11 is 0. The summed E-state index contributed by atoms with van der Waals surface area (Å²) in [5.41, 5.74) is 7.55. The molecule has 3 aromatic rings. The van der Waals surface area contributed by atoms with Crippen LogP contribution >= 0.6 is 0 Å². The third-order valence-electron chi connectivity index (χ3n) is 6.60. The van der Waals surface area contributed by atoms with E-state index in [1.165, 1.54) is 41.8 Å². The first-order valence-corrected chi connectivity index (χ1v) is 12.9. The molecule has 0 aliphatic carbocycles. The van der Waals surface area contributed by atoms with E-state index in [0.717, 1.165) is 24.1 Å². The van der Waals surface area contributed by atoms with E-state index in [2.05, 4.69) is 72.2 Å². The van der Waals surface area contributed by atoms with Crippen molar-refractivity contribution >= 4 is 21.8 Å². The number of aryl methyl sites for hydroxylation is 2. The van der Waals surface area contributed by atoms with Gasteiger partial charge in [0.25, 0.3) is 0 Å². The van der Waals surface area contributed by atoms with Crippen LogP contribution in [0.5, 0.6) is 0 Å². The Bertz CT molecular complexity index is 1030. The summed E-state index contributed by atoms with van der Waals surface area (Å²) in [7, 11) is 0.746. The topological polar surface area (TPSA) is 15.9 Å². The quantitative estimate of drug-likeness (QED) is 0.336. The first-order valence-electron chi connectivity index (χ1n) is 10.4. The molecule has 2 aliphatic rings. The second-order valence-corrected chi connectivity index (χ2v) is 12.4. The van der Waals surface area contributed by atoms with E-state index in [9.17, 15) is 0 Å². The van der Waals surface area contributed by atoms with Gasteiger partial charge in [-0.05, 0) is 36.7 Å². The molecule has 3 heterocycles. The van der Waals surface area contributed by atoms with Gasteiger partial charge in [-0.2, -0.15) is 42.0 Å². The number of fused-ring (bicyclic) bond motifs is 2. The maximum absolute atomic E-state index is 3.99. The molecule has 2 aliphatic heterocycles. The number of aromatic nitrogens is 1. The summed E-state index contributed by atoms with van der Waals surface area (Å²) < 4.78 is 2.34. The molecule has 2 aromatic carbocycles. The maximum Gasteiger partial charge on any atom is 0.165 e. The summed E-state index contributed by atoms with van der Waals surface area (Å²) in [6, 6.07) is 24.8. The molecular weight excluding hydrogens is 456 g/mol. The number of nitrogens with one attached hydrogen (secondary N) is 1. The Kier molecular flexibility index (Phi) is 7.55. The van der Waals surface area contributed by atoms with Crippen molar-refractivity contribution in [2.24, 2.45) is 7.05 Å². The monoisotopic (exact) mass is 483 g/mol. The molecule has 0 amide bonds. The van der Waals surface area contributed by atoms with E-state index in [4.69, 9.17) is 0 Å². The molecular formula is C25H27BN2SiY-. The van der Waals surface area contributed by atoms with Crippen LogP contribution in [0, 0.1) is 19.1 Å². The molecule has 4 radical (unpaired) electrons. The first-order chi connectivity index (χ1) is 13.7. The van der Waals surface area contributed by atoms with Gasteiger partial charge in [0.15, 0.2) is 14.4 Å². The van der Waals surface area contributed by atoms with E-state index < -0.39 is 8.24 Å². The third kappa shape index (κ3) is 4.17. The van der Waals surface area contributed by atoms with Crippen molar-refractivity contribution in [2.45, 2.75) is 38.3 Å². The molecule has 30 heavy (non-hydrogen) atoms. The number of rotatable bonds is 2. The predicted octanol–water partition coefficient (Wildman–Crippen LogP) is 3.46. The Hall–Kier alpha value is -1.06. The Morgan fingerprint density at radius 3 is 2.60 bits per heavy atom. The molecule has 1 aromatic heterocycles. The van der Waals surface area contributed by atoms with Crippen molar-refractivity contribution in [3.8, 4) is 22.4 Å². The average Bonchev–Trinajstić information content (AvgIpc) is 3.19. The fourth-order valence-corrected chi connectivity index (χ4v) is 9.98. The van der Waals surface area contributed by atoms with Crippen LogP contribution in [0.2, 0.25) is 12.1 Å². The fraction of sp³-hybridized carbons (Fsp3) is 0.320. The fourth-order valence-electron chi connectivity index (χ4n) is 5.08. The van der Waals surface area contributed by atoms with Gasteiger partial charge in [-0.1, -0.05) is 25.3 Å². The van der Waals surface area contributed by atoms with Gasteiger partial charge in [0, 0.05) is 46.3 Å². The Morgan fingerprint density at radius 1 is 1.07 bits per heavy atom. The van der Waals surface area contributed by atoms with E-state index in [-0.39, 0.29) is 41.1 Å². The second kappa shape index (κ2) is 9.61. The minimum atomic E-state index is -1.46. The summed E-state index contributed by atoms with van der Waals surface area (Å²) in [6.07, 6.45) is 6.38. The zero-order valence-corrected chi connectivity index (χ0v) is 21.8. The van der Waals surface area contributed by atoms with E-state index in [1.54, 1.807) is 10.8 Å². The van der Waals surface area contributed by atoms with Crippen LogP contribution in [-0.2, 0) is 46.2 Å². The number of nitrogens with zero attached hydrogens (tertiary/aromatic N) is 1. The van der Waals surface area contributed by atoms with Gasteiger partial charge in [-0.3, -0.25) is 0 Å². The number of pyridine rings is 1. The number of hydrogen-bond acceptors (Lipinski definition) is 1. The number of hydrogen-bond donors (Lipinski definition) is 1. The Labute approximate surface area is 209 Å². The van der Waals surface area contributed by atoms with Gasteiger partial charge in [0.2, 0.25) is 0 Å². The minimum Gasteiger partial charge on any atom is -0.333 e. The van der Waals surface area contributed by atoms with Crippen molar-refractivity contribution in [3.05, 3.63) is 71.9 Å². The van der Waals surface area contributed by atoms with Crippen LogP contribution < -0.4 is 14.7 Å². The summed E-state index contributed by atoms with van der Waals surface area (Å²) in [5, 5.41) is 1.66. The second-order valence-electron chi connectivity index (χ2n) is 8.38. The first kappa shape index (κ1) is 23.6. The van der Waals surface area contributed by atoms with Crippen molar-refractivity contribution in [1.29, 1.82) is 0 Å². The summed E-state index contributed by atoms with van der Waals surface area (Å²) in [6.45, 7) is 3.34. The molecule has 1 N–H and O–H groups in total. The van der Waals surface area contributed by atoms with Gasteiger partial charge in [-0.25, -0.2) is 10.1 Å². The zero-order chi connectivity index (χ0) is 19.1. The van der Waals surface area contributed by atoms with Crippen molar-refractivity contribution in [3.63, 3.8) is 0 Å². The largest absolute Gasteiger partial charge is 0.333 e. The van der Waals surface area contributed by atoms with Crippen LogP contribution in [-0.4, -0.2) is 23.2 Å². The molecule has 148 valence electrons. The van der Waals surface area contributed by atoms with Crippen molar-refractivity contribution in [1.82, 2.24) is 4.98 Å². The molecule has 0 unspecified atom stereocenters. The minimum absolute atomic E-state index is 0. The maximum atomic E-state index is 3.99. The van der Waals surface area contributed by atoms with Gasteiger partial charge in [0.1, 0.15) is 12.7 Å². The average molecular weight is 483 g/mol. The molecule has 2 nitrogen and oxygen atoms in total. The zero-order valence-electron chi connectivity index (χ0n) is 18.0. The molecule has 0 saturated carbocycles. The third-order valence-corrected chi connectivity index (χ3v) is 11.4. The standard InChI is InChI=1S/C25H27N2Si.B.Y/c1-19-10-11-21(20-8-4-3-5-9-20)16-23(19)24-17-22-12-13-26-28(14-6-7-15-28)25(22)18-27(24)2;;/h3-5,8,10-11,17-18,26H,6-7,12-15H2,1-2H3;;/q-1;;. The molecule has 1 fully saturated rings. The van der Waals surface area contributed by atoms with Gasteiger partial charge in [0.05, 0.1) is 0 Å². The molecule has 5 heteroatoms. The molecule has 5 rings (SSSR count). The molecule has 0 atom stereocenters. The molecule has 0 bridgehead atoms. The van der Waals surface area contributed by atoms with Crippen LogP contribution in [0.3, 0.4) is 0 Å². The van der Waals surface area contributed by atoms with Crippen LogP contribution in [0.1, 0.15) is 24.0 Å². The van der Waals surface area contributed by atoms with Gasteiger partial charge < -0.3 is 4.98 Å². The normalized spacial score (nSPS) is 16.5. The SMILES string of the molecule is Cc1ccc(-c2[c-]cccc2)[c-]c1-c1cc2c(c[n+]1C)[Si]1(CCCC1)NCC2.[B].[Y]. The van der Waals surface area contributed by atoms with Crippen LogP contribution in [0.15, 0.2) is 48.7 Å². The van der Waals surface area contributed by atoms with Crippen LogP contribution in [0.4, 0.5) is 0 Å². The summed E-state index contributed by atoms with van der Waals surface area (Å²) in [4.78, 5) is 3.99.